The zero-order chi connectivity index (χ0) is 17.8. The van der Waals surface area contributed by atoms with Gasteiger partial charge in [0.2, 0.25) is 0 Å². The predicted octanol–water partition coefficient (Wildman–Crippen LogP) is 3.90. The molecule has 26 heavy (non-hydrogen) atoms. The smallest absolute Gasteiger partial charge is 0.186 e. The second-order valence-electron chi connectivity index (χ2n) is 6.31. The van der Waals surface area contributed by atoms with Crippen LogP contribution in [0.5, 0.6) is 0 Å². The lowest BCUT2D eigenvalue weighted by Gasteiger charge is -2.24. The van der Waals surface area contributed by atoms with Crippen molar-refractivity contribution in [1.29, 1.82) is 0 Å². The van der Waals surface area contributed by atoms with Gasteiger partial charge in [-0.2, -0.15) is 0 Å². The highest BCUT2D eigenvalue weighted by Gasteiger charge is 2.16. The molecule has 5 heteroatoms. The van der Waals surface area contributed by atoms with Crippen molar-refractivity contribution in [2.24, 2.45) is 0 Å². The number of ketones is 1. The molecule has 1 N–H and O–H groups in total. The molecule has 0 bridgehead atoms. The largest absolute Gasteiger partial charge is 0.371 e. The number of carbonyl (C=O) groups excluding carboxylic acids is 1. The summed E-state index contributed by atoms with van der Waals surface area (Å²) in [6.07, 6.45) is 0.461. The fourth-order valence-corrected chi connectivity index (χ4v) is 3.85. The fourth-order valence-electron chi connectivity index (χ4n) is 3.02. The minimum atomic E-state index is 0.0479. The van der Waals surface area contributed by atoms with Gasteiger partial charge in [-0.1, -0.05) is 54.6 Å². The van der Waals surface area contributed by atoms with Crippen molar-refractivity contribution < 1.29 is 9.53 Å². The summed E-state index contributed by atoms with van der Waals surface area (Å²) in [4.78, 5) is 17.1. The summed E-state index contributed by atoms with van der Waals surface area (Å²) in [6, 6.07) is 18.1. The van der Waals surface area contributed by atoms with E-state index in [1.165, 1.54) is 11.3 Å². The average Bonchev–Trinajstić information content (AvgIpc) is 3.20. The summed E-state index contributed by atoms with van der Waals surface area (Å²) in [5, 5.41) is 6.06. The molecule has 2 heterocycles. The van der Waals surface area contributed by atoms with Gasteiger partial charge in [-0.3, -0.25) is 4.79 Å². The molecule has 0 radical (unpaired) electrons. The highest BCUT2D eigenvalue weighted by Crippen LogP contribution is 2.24. The van der Waals surface area contributed by atoms with E-state index in [-0.39, 0.29) is 11.9 Å². The maximum Gasteiger partial charge on any atom is 0.186 e. The van der Waals surface area contributed by atoms with Crippen LogP contribution >= 0.6 is 11.3 Å². The number of hydrogen-bond donors (Lipinski definition) is 1. The van der Waals surface area contributed by atoms with Gasteiger partial charge < -0.3 is 10.1 Å². The standard InChI is InChI=1S/C21H20N2O2S/c24-19(18-14-26-21(23-18)17-4-2-1-3-5-17)12-15-6-8-16(9-7-15)20-13-22-10-11-25-20/h1-9,14,20,22H,10-13H2/t20-/m1/s1. The minimum absolute atomic E-state index is 0.0479. The molecule has 1 saturated heterocycles. The van der Waals surface area contributed by atoms with Gasteiger partial charge in [-0.15, -0.1) is 11.3 Å². The first kappa shape index (κ1) is 17.1. The summed E-state index contributed by atoms with van der Waals surface area (Å²) >= 11 is 1.51. The first-order valence-electron chi connectivity index (χ1n) is 8.75. The summed E-state index contributed by atoms with van der Waals surface area (Å²) < 4.78 is 5.76. The Morgan fingerprint density at radius 2 is 1.96 bits per heavy atom. The van der Waals surface area contributed by atoms with E-state index >= 15 is 0 Å². The Labute approximate surface area is 156 Å². The number of benzene rings is 2. The quantitative estimate of drug-likeness (QED) is 0.698. The van der Waals surface area contributed by atoms with Crippen LogP contribution in [-0.2, 0) is 11.2 Å². The molecule has 4 rings (SSSR count). The first-order chi connectivity index (χ1) is 12.8. The van der Waals surface area contributed by atoms with Crippen molar-refractivity contribution in [2.45, 2.75) is 12.5 Å². The van der Waals surface area contributed by atoms with Crippen LogP contribution in [0.2, 0.25) is 0 Å². The number of thiazole rings is 1. The van der Waals surface area contributed by atoms with Crippen molar-refractivity contribution in [1.82, 2.24) is 10.3 Å². The number of morpholine rings is 1. The third-order valence-corrected chi connectivity index (χ3v) is 5.35. The highest BCUT2D eigenvalue weighted by molar-refractivity contribution is 7.13. The maximum absolute atomic E-state index is 12.6. The molecule has 2 aromatic carbocycles. The lowest BCUT2D eigenvalue weighted by atomic mass is 10.0. The number of nitrogens with one attached hydrogen (secondary N) is 1. The number of rotatable bonds is 5. The van der Waals surface area contributed by atoms with E-state index in [9.17, 15) is 4.79 Å². The number of ether oxygens (including phenoxy) is 1. The lowest BCUT2D eigenvalue weighted by molar-refractivity contribution is 0.0277. The second-order valence-corrected chi connectivity index (χ2v) is 7.17. The van der Waals surface area contributed by atoms with Crippen molar-refractivity contribution in [2.75, 3.05) is 19.7 Å². The Morgan fingerprint density at radius 3 is 2.69 bits per heavy atom. The molecule has 1 aliphatic rings. The molecular formula is C21H20N2O2S. The number of Topliss-reactive ketones (excluding diaryl/α,β-unsaturated/α-hetero) is 1. The third-order valence-electron chi connectivity index (χ3n) is 4.45. The van der Waals surface area contributed by atoms with E-state index in [0.29, 0.717) is 12.1 Å². The van der Waals surface area contributed by atoms with Gasteiger partial charge in [0.05, 0.1) is 12.7 Å². The summed E-state index contributed by atoms with van der Waals surface area (Å²) in [5.41, 5.74) is 3.73. The van der Waals surface area contributed by atoms with Gasteiger partial charge >= 0.3 is 0 Å². The molecule has 1 fully saturated rings. The zero-order valence-corrected chi connectivity index (χ0v) is 15.2. The first-order valence-corrected chi connectivity index (χ1v) is 9.63. The molecule has 4 nitrogen and oxygen atoms in total. The van der Waals surface area contributed by atoms with Crippen molar-refractivity contribution in [3.63, 3.8) is 0 Å². The van der Waals surface area contributed by atoms with E-state index in [2.05, 4.69) is 22.4 Å². The van der Waals surface area contributed by atoms with Gasteiger partial charge in [0.15, 0.2) is 5.78 Å². The van der Waals surface area contributed by atoms with Crippen LogP contribution in [0.15, 0.2) is 60.0 Å². The Bertz CT molecular complexity index is 869. The van der Waals surface area contributed by atoms with Crippen LogP contribution in [0.1, 0.15) is 27.7 Å². The third kappa shape index (κ3) is 3.90. The SMILES string of the molecule is O=C(Cc1ccc([C@H]2CNCCO2)cc1)c1csc(-c2ccccc2)n1. The number of nitrogens with zero attached hydrogens (tertiary/aromatic N) is 1. The van der Waals surface area contributed by atoms with Crippen LogP contribution in [0.25, 0.3) is 10.6 Å². The summed E-state index contributed by atoms with van der Waals surface area (Å²) in [6.45, 7) is 2.47. The molecule has 3 aromatic rings. The van der Waals surface area contributed by atoms with E-state index in [1.54, 1.807) is 0 Å². The number of hydrogen-bond acceptors (Lipinski definition) is 5. The molecule has 1 aliphatic heterocycles. The Morgan fingerprint density at radius 1 is 1.15 bits per heavy atom. The Kier molecular flexibility index (Phi) is 5.20. The van der Waals surface area contributed by atoms with Crippen molar-refractivity contribution in [3.05, 3.63) is 76.8 Å². The summed E-state index contributed by atoms with van der Waals surface area (Å²) in [5.74, 6) is 0.0479. The van der Waals surface area contributed by atoms with E-state index in [4.69, 9.17) is 4.74 Å². The van der Waals surface area contributed by atoms with Crippen LogP contribution < -0.4 is 5.32 Å². The van der Waals surface area contributed by atoms with Gasteiger partial charge in [-0.05, 0) is 11.1 Å². The number of carbonyl (C=O) groups is 1. The van der Waals surface area contributed by atoms with E-state index < -0.39 is 0 Å². The maximum atomic E-state index is 12.6. The molecule has 1 atom stereocenters. The molecule has 0 aliphatic carbocycles. The van der Waals surface area contributed by atoms with Crippen molar-refractivity contribution >= 4 is 17.1 Å². The number of aromatic nitrogens is 1. The topological polar surface area (TPSA) is 51.2 Å². The van der Waals surface area contributed by atoms with Crippen LogP contribution in [0.4, 0.5) is 0 Å². The molecule has 0 unspecified atom stereocenters. The van der Waals surface area contributed by atoms with Crippen LogP contribution in [0.3, 0.4) is 0 Å². The molecular weight excluding hydrogens is 344 g/mol. The Hall–Kier alpha value is -2.34. The Balaban J connectivity index is 1.42. The van der Waals surface area contributed by atoms with E-state index in [0.717, 1.165) is 41.4 Å². The van der Waals surface area contributed by atoms with Gasteiger partial charge in [-0.25, -0.2) is 4.98 Å². The minimum Gasteiger partial charge on any atom is -0.371 e. The van der Waals surface area contributed by atoms with Gasteiger partial charge in [0, 0.05) is 30.5 Å². The normalized spacial score (nSPS) is 17.2. The zero-order valence-electron chi connectivity index (χ0n) is 14.4. The fraction of sp³-hybridized carbons (Fsp3) is 0.238. The molecule has 132 valence electrons. The van der Waals surface area contributed by atoms with Crippen LogP contribution in [0, 0.1) is 0 Å². The van der Waals surface area contributed by atoms with Gasteiger partial charge in [0.1, 0.15) is 10.7 Å². The van der Waals surface area contributed by atoms with Crippen LogP contribution in [-0.4, -0.2) is 30.5 Å². The monoisotopic (exact) mass is 364 g/mol. The van der Waals surface area contributed by atoms with Gasteiger partial charge in [0.25, 0.3) is 0 Å². The lowest BCUT2D eigenvalue weighted by Crippen LogP contribution is -2.33. The molecule has 0 spiro atoms. The second kappa shape index (κ2) is 7.91. The molecule has 0 saturated carbocycles. The molecule has 1 aromatic heterocycles. The van der Waals surface area contributed by atoms with E-state index in [1.807, 2.05) is 47.8 Å². The molecule has 0 amide bonds. The highest BCUT2D eigenvalue weighted by atomic mass is 32.1. The van der Waals surface area contributed by atoms with Crippen molar-refractivity contribution in [3.8, 4) is 10.6 Å². The average molecular weight is 364 g/mol. The predicted molar refractivity (Wildman–Crippen MR) is 104 cm³/mol. The summed E-state index contributed by atoms with van der Waals surface area (Å²) in [7, 11) is 0.